The lowest BCUT2D eigenvalue weighted by Gasteiger charge is -2.39. The second-order valence-corrected chi connectivity index (χ2v) is 6.56. The molecule has 1 aromatic rings. The molecule has 2 atom stereocenters. The first-order chi connectivity index (χ1) is 11.1. The Hall–Kier alpha value is -1.95. The molecule has 6 nitrogen and oxygen atoms in total. The highest BCUT2D eigenvalue weighted by Crippen LogP contribution is 2.32. The summed E-state index contributed by atoms with van der Waals surface area (Å²) in [4.78, 5) is 34.5. The van der Waals surface area contributed by atoms with E-state index in [9.17, 15) is 9.59 Å². The zero-order valence-electron chi connectivity index (χ0n) is 13.8. The fraction of sp³-hybridized carbons (Fsp3) is 0.588. The first kappa shape index (κ1) is 15.9. The quantitative estimate of drug-likeness (QED) is 0.822. The van der Waals surface area contributed by atoms with E-state index >= 15 is 0 Å². The molecule has 0 unspecified atom stereocenters. The number of likely N-dealkylation sites (N-methyl/N-ethyl adjacent to an activating group) is 1. The maximum atomic E-state index is 12.3. The zero-order chi connectivity index (χ0) is 16.4. The third-order valence-electron chi connectivity index (χ3n) is 4.90. The van der Waals surface area contributed by atoms with Crippen LogP contribution in [0.25, 0.3) is 0 Å². The molecule has 124 valence electrons. The first-order valence-electron chi connectivity index (χ1n) is 8.20. The van der Waals surface area contributed by atoms with Crippen molar-refractivity contribution in [3.63, 3.8) is 0 Å². The van der Waals surface area contributed by atoms with E-state index in [1.165, 1.54) is 0 Å². The van der Waals surface area contributed by atoms with Crippen LogP contribution in [0.15, 0.2) is 24.4 Å². The molecule has 0 aromatic carbocycles. The highest BCUT2D eigenvalue weighted by molar-refractivity contribution is 5.85. The summed E-state index contributed by atoms with van der Waals surface area (Å²) < 4.78 is 0. The average Bonchev–Trinajstić information content (AvgIpc) is 2.94. The molecule has 2 aliphatic rings. The Balaban J connectivity index is 1.69. The molecule has 2 aliphatic heterocycles. The number of fused-ring (bicyclic) bond motifs is 1. The smallest absolute Gasteiger partial charge is 0.241 e. The topological polar surface area (TPSA) is 56.8 Å². The van der Waals surface area contributed by atoms with Gasteiger partial charge in [0, 0.05) is 51.9 Å². The molecule has 6 heteroatoms. The predicted molar refractivity (Wildman–Crippen MR) is 86.5 cm³/mol. The van der Waals surface area contributed by atoms with E-state index in [0.29, 0.717) is 12.5 Å². The lowest BCUT2D eigenvalue weighted by atomic mass is 9.96. The Bertz CT molecular complexity index is 575. The Morgan fingerprint density at radius 1 is 1.30 bits per heavy atom. The second-order valence-electron chi connectivity index (χ2n) is 6.56. The molecule has 23 heavy (non-hydrogen) atoms. The maximum Gasteiger partial charge on any atom is 0.241 e. The number of likely N-dealkylation sites (tertiary alicyclic amines) is 2. The van der Waals surface area contributed by atoms with Gasteiger partial charge in [-0.2, -0.15) is 0 Å². The van der Waals surface area contributed by atoms with Gasteiger partial charge in [0.25, 0.3) is 0 Å². The van der Waals surface area contributed by atoms with Crippen molar-refractivity contribution in [1.82, 2.24) is 19.7 Å². The molecular weight excluding hydrogens is 292 g/mol. The molecule has 0 radical (unpaired) electrons. The fourth-order valence-electron chi connectivity index (χ4n) is 3.63. The van der Waals surface area contributed by atoms with Crippen LogP contribution in [0.3, 0.4) is 0 Å². The van der Waals surface area contributed by atoms with Crippen molar-refractivity contribution in [1.29, 1.82) is 0 Å². The van der Waals surface area contributed by atoms with Gasteiger partial charge in [0.2, 0.25) is 11.8 Å². The summed E-state index contributed by atoms with van der Waals surface area (Å²) >= 11 is 0. The minimum absolute atomic E-state index is 0.0119. The van der Waals surface area contributed by atoms with E-state index in [2.05, 4.69) is 9.88 Å². The minimum atomic E-state index is -0.0119. The third kappa shape index (κ3) is 3.37. The van der Waals surface area contributed by atoms with Gasteiger partial charge in [0.05, 0.1) is 5.69 Å². The van der Waals surface area contributed by atoms with Crippen LogP contribution in [0.5, 0.6) is 0 Å². The highest BCUT2D eigenvalue weighted by atomic mass is 16.2. The standard InChI is InChI=1S/C17H24N4O2/c1-19(2)17(23)12-21-15-8-10-20(14(15)6-7-16(21)22)11-13-5-3-4-9-18-13/h3-5,9,14-15H,6-8,10-12H2,1-2H3/t14-,15-/m1/s1. The number of rotatable bonds is 4. The molecule has 0 bridgehead atoms. The van der Waals surface area contributed by atoms with Crippen molar-refractivity contribution < 1.29 is 9.59 Å². The van der Waals surface area contributed by atoms with Gasteiger partial charge in [-0.3, -0.25) is 19.5 Å². The number of pyridine rings is 1. The van der Waals surface area contributed by atoms with Gasteiger partial charge in [0.1, 0.15) is 6.54 Å². The van der Waals surface area contributed by atoms with Crippen LogP contribution in [-0.2, 0) is 16.1 Å². The molecule has 2 fully saturated rings. The molecule has 3 rings (SSSR count). The van der Waals surface area contributed by atoms with Gasteiger partial charge in [-0.25, -0.2) is 0 Å². The van der Waals surface area contributed by atoms with Crippen molar-refractivity contribution in [2.45, 2.75) is 37.9 Å². The van der Waals surface area contributed by atoms with Crippen molar-refractivity contribution in [3.8, 4) is 0 Å². The van der Waals surface area contributed by atoms with Crippen LogP contribution in [0, 0.1) is 0 Å². The summed E-state index contributed by atoms with van der Waals surface area (Å²) in [7, 11) is 3.46. The van der Waals surface area contributed by atoms with Crippen LogP contribution < -0.4 is 0 Å². The molecule has 0 spiro atoms. The molecule has 0 saturated carbocycles. The SMILES string of the molecule is CN(C)C(=O)CN1C(=O)CC[C@@H]2[C@H]1CCN2Cc1ccccn1. The molecule has 3 heterocycles. The van der Waals surface area contributed by atoms with Gasteiger partial charge in [-0.05, 0) is 25.0 Å². The van der Waals surface area contributed by atoms with Gasteiger partial charge in [-0.1, -0.05) is 6.07 Å². The van der Waals surface area contributed by atoms with Crippen LogP contribution in [-0.4, -0.2) is 70.8 Å². The number of piperidine rings is 1. The fourth-order valence-corrected chi connectivity index (χ4v) is 3.63. The number of amides is 2. The molecular formula is C17H24N4O2. The molecule has 0 N–H and O–H groups in total. The maximum absolute atomic E-state index is 12.3. The van der Waals surface area contributed by atoms with Gasteiger partial charge >= 0.3 is 0 Å². The highest BCUT2D eigenvalue weighted by Gasteiger charge is 2.43. The third-order valence-corrected chi connectivity index (χ3v) is 4.90. The van der Waals surface area contributed by atoms with E-state index in [0.717, 1.165) is 31.6 Å². The van der Waals surface area contributed by atoms with E-state index in [4.69, 9.17) is 0 Å². The zero-order valence-corrected chi connectivity index (χ0v) is 13.8. The first-order valence-corrected chi connectivity index (χ1v) is 8.20. The summed E-state index contributed by atoms with van der Waals surface area (Å²) in [6, 6.07) is 6.45. The largest absolute Gasteiger partial charge is 0.347 e. The van der Waals surface area contributed by atoms with E-state index in [1.54, 1.807) is 23.9 Å². The summed E-state index contributed by atoms with van der Waals surface area (Å²) in [5.74, 6) is 0.100. The Labute approximate surface area is 137 Å². The number of nitrogens with zero attached hydrogens (tertiary/aromatic N) is 4. The monoisotopic (exact) mass is 316 g/mol. The average molecular weight is 316 g/mol. The number of hydrogen-bond acceptors (Lipinski definition) is 4. The number of aromatic nitrogens is 1. The van der Waals surface area contributed by atoms with Gasteiger partial charge in [0.15, 0.2) is 0 Å². The Morgan fingerprint density at radius 2 is 2.13 bits per heavy atom. The van der Waals surface area contributed by atoms with E-state index < -0.39 is 0 Å². The van der Waals surface area contributed by atoms with Crippen LogP contribution in [0.1, 0.15) is 25.0 Å². The van der Waals surface area contributed by atoms with Crippen LogP contribution >= 0.6 is 0 Å². The Kier molecular flexibility index (Phi) is 4.61. The lowest BCUT2D eigenvalue weighted by molar-refractivity contribution is -0.144. The van der Waals surface area contributed by atoms with Crippen LogP contribution in [0.4, 0.5) is 0 Å². The number of carbonyl (C=O) groups excluding carboxylic acids is 2. The van der Waals surface area contributed by atoms with E-state index in [1.807, 2.05) is 24.4 Å². The van der Waals surface area contributed by atoms with Crippen molar-refractivity contribution in [2.75, 3.05) is 27.2 Å². The second kappa shape index (κ2) is 6.66. The normalized spacial score (nSPS) is 24.6. The molecule has 2 saturated heterocycles. The number of carbonyl (C=O) groups is 2. The molecule has 0 aliphatic carbocycles. The minimum Gasteiger partial charge on any atom is -0.347 e. The van der Waals surface area contributed by atoms with Crippen molar-refractivity contribution in [3.05, 3.63) is 30.1 Å². The van der Waals surface area contributed by atoms with Gasteiger partial charge < -0.3 is 9.80 Å². The number of hydrogen-bond donors (Lipinski definition) is 0. The molecule has 2 amide bonds. The predicted octanol–water partition coefficient (Wildman–Crippen LogP) is 0.735. The molecule has 1 aromatic heterocycles. The van der Waals surface area contributed by atoms with Crippen LogP contribution in [0.2, 0.25) is 0 Å². The summed E-state index contributed by atoms with van der Waals surface area (Å²) in [5, 5.41) is 0. The van der Waals surface area contributed by atoms with Crippen molar-refractivity contribution in [2.24, 2.45) is 0 Å². The van der Waals surface area contributed by atoms with Gasteiger partial charge in [-0.15, -0.1) is 0 Å². The lowest BCUT2D eigenvalue weighted by Crippen LogP contribution is -2.54. The summed E-state index contributed by atoms with van der Waals surface area (Å²) in [5.41, 5.74) is 1.06. The van der Waals surface area contributed by atoms with Crippen molar-refractivity contribution >= 4 is 11.8 Å². The summed E-state index contributed by atoms with van der Waals surface area (Å²) in [6.07, 6.45) is 4.16. The summed E-state index contributed by atoms with van der Waals surface area (Å²) in [6.45, 7) is 1.96. The van der Waals surface area contributed by atoms with E-state index in [-0.39, 0.29) is 24.4 Å². The Morgan fingerprint density at radius 3 is 2.83 bits per heavy atom.